The van der Waals surface area contributed by atoms with Crippen LogP contribution >= 0.6 is 11.3 Å². The molecular weight excluding hydrogens is 250 g/mol. The van der Waals surface area contributed by atoms with Gasteiger partial charge in [0, 0.05) is 23.3 Å². The molecule has 0 radical (unpaired) electrons. The highest BCUT2D eigenvalue weighted by Crippen LogP contribution is 2.44. The Morgan fingerprint density at radius 1 is 1.56 bits per heavy atom. The summed E-state index contributed by atoms with van der Waals surface area (Å²) in [6, 6.07) is -0.230. The first kappa shape index (κ1) is 11.9. The van der Waals surface area contributed by atoms with E-state index in [1.54, 1.807) is 0 Å². The van der Waals surface area contributed by atoms with Crippen LogP contribution in [0.1, 0.15) is 37.3 Å². The second kappa shape index (κ2) is 4.51. The average Bonchev–Trinajstić information content (AvgIpc) is 3.29. The molecule has 0 aromatic carbocycles. The lowest BCUT2D eigenvalue weighted by atomic mass is 10.1. The second-order valence-electron chi connectivity index (χ2n) is 5.32. The number of carbonyl (C=O) groups is 1. The maximum atomic E-state index is 11.7. The minimum atomic E-state index is -0.230. The van der Waals surface area contributed by atoms with E-state index in [4.69, 9.17) is 5.11 Å². The summed E-state index contributed by atoms with van der Waals surface area (Å²) in [4.78, 5) is 16.1. The van der Waals surface area contributed by atoms with E-state index in [0.29, 0.717) is 17.6 Å². The highest BCUT2D eigenvalue weighted by atomic mass is 32.1. The van der Waals surface area contributed by atoms with Crippen LogP contribution in [0.2, 0.25) is 0 Å². The van der Waals surface area contributed by atoms with Crippen molar-refractivity contribution in [2.24, 2.45) is 5.41 Å². The summed E-state index contributed by atoms with van der Waals surface area (Å²) in [5.74, 6) is 0.615. The molecule has 2 amide bonds. The maximum absolute atomic E-state index is 11.7. The molecule has 18 heavy (non-hydrogen) atoms. The van der Waals surface area contributed by atoms with Gasteiger partial charge in [0.2, 0.25) is 0 Å². The molecule has 0 saturated heterocycles. The third-order valence-corrected chi connectivity index (χ3v) is 4.43. The van der Waals surface area contributed by atoms with E-state index in [1.165, 1.54) is 24.2 Å². The van der Waals surface area contributed by atoms with Crippen molar-refractivity contribution < 1.29 is 9.90 Å². The lowest BCUT2D eigenvalue weighted by Crippen LogP contribution is -2.35. The molecule has 2 aliphatic carbocycles. The fourth-order valence-electron chi connectivity index (χ4n) is 1.89. The van der Waals surface area contributed by atoms with E-state index in [2.05, 4.69) is 15.6 Å². The second-order valence-corrected chi connectivity index (χ2v) is 6.18. The largest absolute Gasteiger partial charge is 0.396 e. The SMILES string of the molecule is O=C(NCC1(CO)CC1)Nc1nc(C2CC2)cs1. The molecule has 0 unspecified atom stereocenters. The first-order valence-electron chi connectivity index (χ1n) is 6.32. The summed E-state index contributed by atoms with van der Waals surface area (Å²) in [5, 5.41) is 17.4. The van der Waals surface area contributed by atoms with Crippen molar-refractivity contribution >= 4 is 22.5 Å². The van der Waals surface area contributed by atoms with Crippen molar-refractivity contribution in [2.45, 2.75) is 31.6 Å². The van der Waals surface area contributed by atoms with Crippen LogP contribution in [0.5, 0.6) is 0 Å². The minimum Gasteiger partial charge on any atom is -0.396 e. The topological polar surface area (TPSA) is 74.2 Å². The molecule has 3 N–H and O–H groups in total. The number of aliphatic hydroxyl groups is 1. The minimum absolute atomic E-state index is 0.0562. The Hall–Kier alpha value is -1.14. The van der Waals surface area contributed by atoms with Crippen LogP contribution in [0, 0.1) is 5.41 Å². The van der Waals surface area contributed by atoms with Gasteiger partial charge in [0.1, 0.15) is 0 Å². The van der Waals surface area contributed by atoms with Crippen LogP contribution in [-0.4, -0.2) is 29.3 Å². The van der Waals surface area contributed by atoms with Gasteiger partial charge in [-0.2, -0.15) is 0 Å². The summed E-state index contributed by atoms with van der Waals surface area (Å²) >= 11 is 1.47. The van der Waals surface area contributed by atoms with Crippen molar-refractivity contribution in [3.05, 3.63) is 11.1 Å². The molecule has 0 aliphatic heterocycles. The molecule has 0 bridgehead atoms. The monoisotopic (exact) mass is 267 g/mol. The molecular formula is C12H17N3O2S. The van der Waals surface area contributed by atoms with Crippen LogP contribution in [0.4, 0.5) is 9.93 Å². The van der Waals surface area contributed by atoms with E-state index in [1.807, 2.05) is 5.38 Å². The third-order valence-electron chi connectivity index (χ3n) is 3.65. The zero-order valence-electron chi connectivity index (χ0n) is 10.1. The fourth-order valence-corrected chi connectivity index (χ4v) is 2.67. The van der Waals surface area contributed by atoms with Crippen molar-refractivity contribution in [1.29, 1.82) is 0 Å². The third kappa shape index (κ3) is 2.64. The number of rotatable bonds is 5. The summed E-state index contributed by atoms with van der Waals surface area (Å²) in [5.41, 5.74) is 1.05. The molecule has 1 heterocycles. The van der Waals surface area contributed by atoms with Gasteiger partial charge in [-0.05, 0) is 25.7 Å². The molecule has 1 aromatic rings. The number of nitrogens with zero attached hydrogens (tertiary/aromatic N) is 1. The number of hydrogen-bond acceptors (Lipinski definition) is 4. The Labute approximate surface area is 110 Å². The predicted molar refractivity (Wildman–Crippen MR) is 69.9 cm³/mol. The van der Waals surface area contributed by atoms with E-state index in [0.717, 1.165) is 18.5 Å². The van der Waals surface area contributed by atoms with Gasteiger partial charge in [-0.15, -0.1) is 11.3 Å². The van der Waals surface area contributed by atoms with Gasteiger partial charge < -0.3 is 10.4 Å². The zero-order valence-corrected chi connectivity index (χ0v) is 10.9. The highest BCUT2D eigenvalue weighted by molar-refractivity contribution is 7.13. The van der Waals surface area contributed by atoms with Crippen LogP contribution in [0.3, 0.4) is 0 Å². The number of nitrogens with one attached hydrogen (secondary N) is 2. The van der Waals surface area contributed by atoms with E-state index in [9.17, 15) is 4.79 Å². The zero-order chi connectivity index (χ0) is 12.6. The summed E-state index contributed by atoms with van der Waals surface area (Å²) < 4.78 is 0. The van der Waals surface area contributed by atoms with Crippen LogP contribution in [-0.2, 0) is 0 Å². The Morgan fingerprint density at radius 3 is 2.94 bits per heavy atom. The summed E-state index contributed by atoms with van der Waals surface area (Å²) in [6.07, 6.45) is 4.42. The Morgan fingerprint density at radius 2 is 2.33 bits per heavy atom. The summed E-state index contributed by atoms with van der Waals surface area (Å²) in [7, 11) is 0. The van der Waals surface area contributed by atoms with Crippen molar-refractivity contribution in [2.75, 3.05) is 18.5 Å². The number of anilines is 1. The lowest BCUT2D eigenvalue weighted by molar-refractivity contribution is 0.206. The molecule has 0 spiro atoms. The molecule has 2 aliphatic rings. The molecule has 6 heteroatoms. The summed E-state index contributed by atoms with van der Waals surface area (Å²) in [6.45, 7) is 0.687. The Bertz CT molecular complexity index is 452. The van der Waals surface area contributed by atoms with Gasteiger partial charge in [0.05, 0.1) is 12.3 Å². The van der Waals surface area contributed by atoms with Crippen molar-refractivity contribution in [3.8, 4) is 0 Å². The van der Waals surface area contributed by atoms with Gasteiger partial charge in [-0.1, -0.05) is 0 Å². The van der Waals surface area contributed by atoms with Gasteiger partial charge in [0.15, 0.2) is 5.13 Å². The molecule has 5 nitrogen and oxygen atoms in total. The van der Waals surface area contributed by atoms with Gasteiger partial charge in [-0.25, -0.2) is 9.78 Å². The van der Waals surface area contributed by atoms with Crippen LogP contribution in [0.15, 0.2) is 5.38 Å². The number of hydrogen-bond donors (Lipinski definition) is 3. The van der Waals surface area contributed by atoms with Crippen LogP contribution < -0.4 is 10.6 Å². The van der Waals surface area contributed by atoms with Gasteiger partial charge >= 0.3 is 6.03 Å². The first-order valence-corrected chi connectivity index (χ1v) is 7.20. The van der Waals surface area contributed by atoms with E-state index in [-0.39, 0.29) is 18.1 Å². The predicted octanol–water partition coefficient (Wildman–Crippen LogP) is 1.91. The quantitative estimate of drug-likeness (QED) is 0.763. The van der Waals surface area contributed by atoms with Crippen molar-refractivity contribution in [1.82, 2.24) is 10.3 Å². The van der Waals surface area contributed by atoms with E-state index >= 15 is 0 Å². The number of thiazole rings is 1. The maximum Gasteiger partial charge on any atom is 0.321 e. The average molecular weight is 267 g/mol. The fraction of sp³-hybridized carbons (Fsp3) is 0.667. The smallest absolute Gasteiger partial charge is 0.321 e. The number of aliphatic hydroxyl groups excluding tert-OH is 1. The van der Waals surface area contributed by atoms with Gasteiger partial charge in [0.25, 0.3) is 0 Å². The molecule has 0 atom stereocenters. The number of carbonyl (C=O) groups excluding carboxylic acids is 1. The number of aromatic nitrogens is 1. The first-order chi connectivity index (χ1) is 8.71. The Kier molecular flexibility index (Phi) is 2.99. The number of urea groups is 1. The van der Waals surface area contributed by atoms with Crippen molar-refractivity contribution in [3.63, 3.8) is 0 Å². The van der Waals surface area contributed by atoms with Crippen LogP contribution in [0.25, 0.3) is 0 Å². The highest BCUT2D eigenvalue weighted by Gasteiger charge is 2.42. The normalized spacial score (nSPS) is 20.5. The standard InChI is InChI=1S/C12H17N3O2S/c16-7-12(3-4-12)6-13-10(17)15-11-14-9(5-18-11)8-1-2-8/h5,8,16H,1-4,6-7H2,(H2,13,14,15,17). The lowest BCUT2D eigenvalue weighted by Gasteiger charge is -2.12. The van der Waals surface area contributed by atoms with Gasteiger partial charge in [-0.3, -0.25) is 5.32 Å². The molecule has 2 fully saturated rings. The molecule has 3 rings (SSSR count). The molecule has 1 aromatic heterocycles. The molecule has 2 saturated carbocycles. The Balaban J connectivity index is 1.47. The number of amides is 2. The molecule has 98 valence electrons. The van der Waals surface area contributed by atoms with E-state index < -0.39 is 0 Å².